The van der Waals surface area contributed by atoms with Crippen molar-refractivity contribution in [2.24, 2.45) is 11.8 Å². The Hall–Kier alpha value is -2.71. The van der Waals surface area contributed by atoms with E-state index < -0.39 is 23.9 Å². The Morgan fingerprint density at radius 3 is 2.71 bits per heavy atom. The third kappa shape index (κ3) is 6.17. The molecule has 0 saturated carbocycles. The summed E-state index contributed by atoms with van der Waals surface area (Å²) in [6.07, 6.45) is 2.80. The second-order valence-corrected chi connectivity index (χ2v) is 7.60. The van der Waals surface area contributed by atoms with Crippen LogP contribution >= 0.6 is 0 Å². The van der Waals surface area contributed by atoms with Gasteiger partial charge in [0.05, 0.1) is 6.04 Å². The minimum absolute atomic E-state index is 0.0878. The highest BCUT2D eigenvalue weighted by Crippen LogP contribution is 2.17. The van der Waals surface area contributed by atoms with Gasteiger partial charge in [0.1, 0.15) is 18.1 Å². The zero-order chi connectivity index (χ0) is 20.7. The molecule has 1 aliphatic heterocycles. The maximum Gasteiger partial charge on any atom is 0.274 e. The van der Waals surface area contributed by atoms with Gasteiger partial charge in [0.25, 0.3) is 5.91 Å². The molecule has 2 heterocycles. The fourth-order valence-corrected chi connectivity index (χ4v) is 3.21. The molecule has 3 unspecified atom stereocenters. The highest BCUT2D eigenvalue weighted by molar-refractivity contribution is 5.96. The molecule has 1 fully saturated rings. The standard InChI is InChI=1S/C19H28N4O5/c1-11(2)7-15(22-19(27)16-8-12(3)28-23-16)18(26)21-14(10-24)9-13-5-4-6-20-17(13)25/h8,10-11,13-15H,4-7,9H2,1-3H3,(H,20,25)(H,21,26)(H,22,27). The van der Waals surface area contributed by atoms with Crippen LogP contribution in [0.3, 0.4) is 0 Å². The number of rotatable bonds is 9. The molecule has 28 heavy (non-hydrogen) atoms. The lowest BCUT2D eigenvalue weighted by atomic mass is 9.91. The molecule has 0 bridgehead atoms. The smallest absolute Gasteiger partial charge is 0.274 e. The first-order valence-corrected chi connectivity index (χ1v) is 9.57. The summed E-state index contributed by atoms with van der Waals surface area (Å²) in [5.74, 6) is -0.764. The van der Waals surface area contributed by atoms with Gasteiger partial charge in [-0.3, -0.25) is 14.4 Å². The van der Waals surface area contributed by atoms with Crippen LogP contribution in [-0.2, 0) is 14.4 Å². The zero-order valence-corrected chi connectivity index (χ0v) is 16.5. The molecule has 3 amide bonds. The molecule has 3 N–H and O–H groups in total. The lowest BCUT2D eigenvalue weighted by Gasteiger charge is -2.26. The molecule has 154 valence electrons. The predicted molar refractivity (Wildman–Crippen MR) is 100 cm³/mol. The lowest BCUT2D eigenvalue weighted by Crippen LogP contribution is -2.51. The Morgan fingerprint density at radius 1 is 1.39 bits per heavy atom. The van der Waals surface area contributed by atoms with Crippen molar-refractivity contribution < 1.29 is 23.7 Å². The molecule has 9 heteroatoms. The van der Waals surface area contributed by atoms with Crippen molar-refractivity contribution >= 4 is 24.0 Å². The number of nitrogens with zero attached hydrogens (tertiary/aromatic N) is 1. The van der Waals surface area contributed by atoms with Gasteiger partial charge in [-0.25, -0.2) is 0 Å². The minimum Gasteiger partial charge on any atom is -0.361 e. The normalized spacial score (nSPS) is 18.9. The van der Waals surface area contributed by atoms with Gasteiger partial charge >= 0.3 is 0 Å². The average molecular weight is 392 g/mol. The third-order valence-corrected chi connectivity index (χ3v) is 4.62. The number of carbonyl (C=O) groups excluding carboxylic acids is 4. The second kappa shape index (κ2) is 10.0. The lowest BCUT2D eigenvalue weighted by molar-refractivity contribution is -0.129. The van der Waals surface area contributed by atoms with E-state index in [1.54, 1.807) is 6.92 Å². The third-order valence-electron chi connectivity index (χ3n) is 4.62. The van der Waals surface area contributed by atoms with Gasteiger partial charge in [-0.1, -0.05) is 19.0 Å². The topological polar surface area (TPSA) is 130 Å². The summed E-state index contributed by atoms with van der Waals surface area (Å²) < 4.78 is 4.89. The van der Waals surface area contributed by atoms with Crippen molar-refractivity contribution in [1.29, 1.82) is 0 Å². The number of piperidine rings is 1. The number of nitrogens with one attached hydrogen (secondary N) is 3. The molecule has 0 spiro atoms. The zero-order valence-electron chi connectivity index (χ0n) is 16.5. The van der Waals surface area contributed by atoms with Crippen LogP contribution in [0.15, 0.2) is 10.6 Å². The molecule has 0 aromatic carbocycles. The summed E-state index contributed by atoms with van der Waals surface area (Å²) in [5, 5.41) is 11.7. The fraction of sp³-hybridized carbons (Fsp3) is 0.632. The van der Waals surface area contributed by atoms with Crippen molar-refractivity contribution in [3.05, 3.63) is 17.5 Å². The van der Waals surface area contributed by atoms with E-state index in [0.29, 0.717) is 31.4 Å². The Balaban J connectivity index is 2.00. The number of hydrogen-bond donors (Lipinski definition) is 3. The minimum atomic E-state index is -0.827. The number of hydrogen-bond acceptors (Lipinski definition) is 6. The molecule has 1 aromatic heterocycles. The number of amides is 3. The van der Waals surface area contributed by atoms with Gasteiger partial charge in [0.2, 0.25) is 11.8 Å². The van der Waals surface area contributed by atoms with Gasteiger partial charge < -0.3 is 25.3 Å². The molecule has 0 aliphatic carbocycles. The van der Waals surface area contributed by atoms with Crippen LogP contribution in [0.4, 0.5) is 0 Å². The van der Waals surface area contributed by atoms with Crippen molar-refractivity contribution in [2.45, 2.75) is 58.5 Å². The van der Waals surface area contributed by atoms with E-state index in [0.717, 1.165) is 6.42 Å². The van der Waals surface area contributed by atoms with Gasteiger partial charge in [-0.05, 0) is 38.5 Å². The van der Waals surface area contributed by atoms with Crippen molar-refractivity contribution in [1.82, 2.24) is 21.1 Å². The first-order valence-electron chi connectivity index (χ1n) is 9.57. The van der Waals surface area contributed by atoms with Gasteiger partial charge in [0.15, 0.2) is 5.69 Å². The van der Waals surface area contributed by atoms with Crippen molar-refractivity contribution in [3.63, 3.8) is 0 Å². The summed E-state index contributed by atoms with van der Waals surface area (Å²) in [6.45, 7) is 6.15. The van der Waals surface area contributed by atoms with E-state index in [1.165, 1.54) is 6.07 Å². The predicted octanol–water partition coefficient (Wildman–Crippen LogP) is 0.728. The van der Waals surface area contributed by atoms with Crippen LogP contribution in [0, 0.1) is 18.8 Å². The van der Waals surface area contributed by atoms with Crippen LogP contribution in [0.5, 0.6) is 0 Å². The Labute approximate surface area is 164 Å². The second-order valence-electron chi connectivity index (χ2n) is 7.60. The first-order chi connectivity index (χ1) is 13.3. The Morgan fingerprint density at radius 2 is 2.14 bits per heavy atom. The number of aromatic nitrogens is 1. The Kier molecular flexibility index (Phi) is 7.71. The van der Waals surface area contributed by atoms with E-state index in [1.807, 2.05) is 13.8 Å². The van der Waals surface area contributed by atoms with Crippen molar-refractivity contribution in [2.75, 3.05) is 6.54 Å². The van der Waals surface area contributed by atoms with E-state index in [-0.39, 0.29) is 29.9 Å². The molecule has 1 aromatic rings. The summed E-state index contributed by atoms with van der Waals surface area (Å²) in [6, 6.07) is -0.135. The SMILES string of the molecule is Cc1cc(C(=O)NC(CC(C)C)C(=O)NC(C=O)CC2CCCNC2=O)no1. The van der Waals surface area contributed by atoms with Crippen LogP contribution in [0.2, 0.25) is 0 Å². The quantitative estimate of drug-likeness (QED) is 0.531. The average Bonchev–Trinajstić information content (AvgIpc) is 3.08. The number of aryl methyl sites for hydroxylation is 1. The highest BCUT2D eigenvalue weighted by Gasteiger charge is 2.29. The summed E-state index contributed by atoms with van der Waals surface area (Å²) >= 11 is 0. The van der Waals surface area contributed by atoms with Crippen molar-refractivity contribution in [3.8, 4) is 0 Å². The molecule has 1 saturated heterocycles. The van der Waals surface area contributed by atoms with Gasteiger partial charge in [-0.15, -0.1) is 0 Å². The molecule has 9 nitrogen and oxygen atoms in total. The van der Waals surface area contributed by atoms with Gasteiger partial charge in [-0.2, -0.15) is 0 Å². The van der Waals surface area contributed by atoms with E-state index >= 15 is 0 Å². The number of carbonyl (C=O) groups is 4. The van der Waals surface area contributed by atoms with Crippen LogP contribution in [-0.4, -0.2) is 47.8 Å². The highest BCUT2D eigenvalue weighted by atomic mass is 16.5. The fourth-order valence-electron chi connectivity index (χ4n) is 3.21. The molecular formula is C19H28N4O5. The molecule has 2 rings (SSSR count). The summed E-state index contributed by atoms with van der Waals surface area (Å²) in [7, 11) is 0. The number of aldehydes is 1. The molecule has 1 aliphatic rings. The summed E-state index contributed by atoms with van der Waals surface area (Å²) in [4.78, 5) is 48.4. The van der Waals surface area contributed by atoms with Crippen LogP contribution in [0.1, 0.15) is 55.8 Å². The monoisotopic (exact) mass is 392 g/mol. The molecule has 0 radical (unpaired) electrons. The van der Waals surface area contributed by atoms with Crippen LogP contribution < -0.4 is 16.0 Å². The van der Waals surface area contributed by atoms with E-state index in [4.69, 9.17) is 4.52 Å². The largest absolute Gasteiger partial charge is 0.361 e. The first kappa shape index (κ1) is 21.6. The van der Waals surface area contributed by atoms with Crippen LogP contribution in [0.25, 0.3) is 0 Å². The van der Waals surface area contributed by atoms with Gasteiger partial charge in [0, 0.05) is 18.5 Å². The molecule has 3 atom stereocenters. The maximum atomic E-state index is 12.7. The van der Waals surface area contributed by atoms with E-state index in [2.05, 4.69) is 21.1 Å². The summed E-state index contributed by atoms with van der Waals surface area (Å²) in [5.41, 5.74) is 0.0878. The molecular weight excluding hydrogens is 364 g/mol. The maximum absolute atomic E-state index is 12.7. The van der Waals surface area contributed by atoms with E-state index in [9.17, 15) is 19.2 Å². The Bertz CT molecular complexity index is 715.